The molecule has 2 aromatic carbocycles. The number of ether oxygens (including phenoxy) is 2. The van der Waals surface area contributed by atoms with Gasteiger partial charge in [-0.15, -0.1) is 0 Å². The molecule has 0 aromatic heterocycles. The van der Waals surface area contributed by atoms with Crippen LogP contribution in [0.4, 0.5) is 4.39 Å². The van der Waals surface area contributed by atoms with Crippen molar-refractivity contribution in [2.45, 2.75) is 38.1 Å². The summed E-state index contributed by atoms with van der Waals surface area (Å²) >= 11 is 0. The van der Waals surface area contributed by atoms with Crippen LogP contribution in [0.25, 0.3) is 11.1 Å². The smallest absolute Gasteiger partial charge is 0.226 e. The molecule has 0 aliphatic carbocycles. The summed E-state index contributed by atoms with van der Waals surface area (Å²) in [6, 6.07) is 12.8. The van der Waals surface area contributed by atoms with Gasteiger partial charge in [0.2, 0.25) is 5.91 Å². The molecule has 2 heterocycles. The lowest BCUT2D eigenvalue weighted by atomic mass is 9.74. The molecule has 1 N–H and O–H groups in total. The number of halogens is 1. The van der Waals surface area contributed by atoms with Crippen LogP contribution in [0.2, 0.25) is 0 Å². The van der Waals surface area contributed by atoms with Gasteiger partial charge in [-0.1, -0.05) is 24.3 Å². The molecule has 0 saturated carbocycles. The van der Waals surface area contributed by atoms with Crippen molar-refractivity contribution in [1.29, 1.82) is 0 Å². The van der Waals surface area contributed by atoms with Gasteiger partial charge in [0.1, 0.15) is 11.6 Å². The number of carbonyl (C=O) groups excluding carboxylic acids is 1. The molecule has 172 valence electrons. The molecule has 0 atom stereocenters. The lowest BCUT2D eigenvalue weighted by molar-refractivity contribution is -0.137. The number of benzene rings is 2. The van der Waals surface area contributed by atoms with E-state index < -0.39 is 5.41 Å². The summed E-state index contributed by atoms with van der Waals surface area (Å²) in [6.45, 7) is 3.22. The van der Waals surface area contributed by atoms with E-state index >= 15 is 0 Å². The van der Waals surface area contributed by atoms with Gasteiger partial charge in [-0.05, 0) is 81.6 Å². The molecule has 0 spiro atoms. The predicted molar refractivity (Wildman–Crippen MR) is 123 cm³/mol. The Morgan fingerprint density at radius 3 is 2.66 bits per heavy atom. The van der Waals surface area contributed by atoms with Crippen molar-refractivity contribution < 1.29 is 18.7 Å². The molecule has 2 aromatic rings. The van der Waals surface area contributed by atoms with Crippen LogP contribution in [-0.4, -0.2) is 57.3 Å². The summed E-state index contributed by atoms with van der Waals surface area (Å²) in [5, 5.41) is 3.35. The van der Waals surface area contributed by atoms with Gasteiger partial charge in [0.25, 0.3) is 0 Å². The zero-order chi connectivity index (χ0) is 22.6. The molecular weight excluding hydrogens is 407 g/mol. The molecular formula is C26H33FN2O3. The lowest BCUT2D eigenvalue weighted by Crippen LogP contribution is -2.51. The summed E-state index contributed by atoms with van der Waals surface area (Å²) in [5.41, 5.74) is 2.18. The quantitative estimate of drug-likeness (QED) is 0.736. The molecule has 1 amide bonds. The number of methoxy groups -OCH3 is 1. The Kier molecular flexibility index (Phi) is 7.11. The Labute approximate surface area is 189 Å². The number of carbonyl (C=O) groups is 1. The molecule has 32 heavy (non-hydrogen) atoms. The first-order valence-electron chi connectivity index (χ1n) is 11.5. The van der Waals surface area contributed by atoms with E-state index in [1.807, 2.05) is 12.1 Å². The zero-order valence-corrected chi connectivity index (χ0v) is 19.0. The Bertz CT molecular complexity index is 934. The van der Waals surface area contributed by atoms with E-state index in [0.717, 1.165) is 37.1 Å². The summed E-state index contributed by atoms with van der Waals surface area (Å²) in [5.74, 6) is 0.470. The Morgan fingerprint density at radius 2 is 1.94 bits per heavy atom. The molecule has 4 rings (SSSR count). The van der Waals surface area contributed by atoms with E-state index in [-0.39, 0.29) is 17.8 Å². The normalized spacial score (nSPS) is 19.5. The van der Waals surface area contributed by atoms with Gasteiger partial charge >= 0.3 is 0 Å². The second-order valence-electron chi connectivity index (χ2n) is 9.17. The van der Waals surface area contributed by atoms with Crippen molar-refractivity contribution in [2.24, 2.45) is 5.41 Å². The van der Waals surface area contributed by atoms with E-state index in [2.05, 4.69) is 29.4 Å². The number of nitrogens with zero attached hydrogens (tertiary/aromatic N) is 1. The van der Waals surface area contributed by atoms with E-state index in [9.17, 15) is 9.18 Å². The van der Waals surface area contributed by atoms with Crippen LogP contribution in [0, 0.1) is 11.2 Å². The van der Waals surface area contributed by atoms with Crippen molar-refractivity contribution in [3.8, 4) is 16.9 Å². The van der Waals surface area contributed by atoms with Crippen LogP contribution < -0.4 is 10.1 Å². The number of rotatable bonds is 6. The second-order valence-corrected chi connectivity index (χ2v) is 9.17. The first kappa shape index (κ1) is 22.7. The Hall–Kier alpha value is -2.44. The van der Waals surface area contributed by atoms with Crippen molar-refractivity contribution in [2.75, 3.05) is 40.5 Å². The van der Waals surface area contributed by atoms with E-state index in [1.165, 1.54) is 12.1 Å². The number of nitrogens with one attached hydrogen (secondary N) is 1. The molecule has 2 saturated heterocycles. The van der Waals surface area contributed by atoms with Crippen LogP contribution in [0.3, 0.4) is 0 Å². The van der Waals surface area contributed by atoms with Crippen molar-refractivity contribution >= 4 is 5.91 Å². The SMILES string of the molecule is COc1ccc(F)cc1-c1cccc(CC2(C(=O)NC3CCN(C)CC3)CCOCC2)c1. The number of likely N-dealkylation sites (tertiary alicyclic amines) is 1. The van der Waals surface area contributed by atoms with Crippen LogP contribution in [0.15, 0.2) is 42.5 Å². The van der Waals surface area contributed by atoms with Crippen LogP contribution in [0.5, 0.6) is 5.75 Å². The highest BCUT2D eigenvalue weighted by Gasteiger charge is 2.41. The summed E-state index contributed by atoms with van der Waals surface area (Å²) < 4.78 is 25.0. The number of amides is 1. The minimum absolute atomic E-state index is 0.143. The fraction of sp³-hybridized carbons (Fsp3) is 0.500. The highest BCUT2D eigenvalue weighted by molar-refractivity contribution is 5.83. The number of piperidine rings is 1. The lowest BCUT2D eigenvalue weighted by Gasteiger charge is -2.38. The summed E-state index contributed by atoms with van der Waals surface area (Å²) in [6.07, 6.45) is 4.03. The Morgan fingerprint density at radius 1 is 1.19 bits per heavy atom. The van der Waals surface area contributed by atoms with Crippen LogP contribution in [0.1, 0.15) is 31.2 Å². The minimum atomic E-state index is -0.480. The van der Waals surface area contributed by atoms with E-state index in [4.69, 9.17) is 9.47 Å². The monoisotopic (exact) mass is 440 g/mol. The van der Waals surface area contributed by atoms with Crippen LogP contribution in [-0.2, 0) is 16.0 Å². The Balaban J connectivity index is 1.56. The molecule has 0 radical (unpaired) electrons. The third kappa shape index (κ3) is 5.13. The fourth-order valence-electron chi connectivity index (χ4n) is 4.88. The first-order chi connectivity index (χ1) is 15.5. The topological polar surface area (TPSA) is 50.8 Å². The molecule has 2 aliphatic rings. The standard InChI is InChI=1S/C26H33FN2O3/c1-29-12-8-22(9-13-29)28-25(30)26(10-14-32-15-11-26)18-19-4-3-5-20(16-19)23-17-21(27)6-7-24(23)31-2/h3-7,16-17,22H,8-15,18H2,1-2H3,(H,28,30). The zero-order valence-electron chi connectivity index (χ0n) is 19.0. The molecule has 0 bridgehead atoms. The number of hydrogen-bond donors (Lipinski definition) is 1. The van der Waals surface area contributed by atoms with Crippen LogP contribution >= 0.6 is 0 Å². The molecule has 2 fully saturated rings. The van der Waals surface area contributed by atoms with Gasteiger partial charge in [-0.25, -0.2) is 4.39 Å². The van der Waals surface area contributed by atoms with Gasteiger partial charge < -0.3 is 19.7 Å². The maximum absolute atomic E-state index is 13.9. The maximum Gasteiger partial charge on any atom is 0.226 e. The number of hydrogen-bond acceptors (Lipinski definition) is 4. The molecule has 6 heteroatoms. The molecule has 2 aliphatic heterocycles. The van der Waals surface area contributed by atoms with Crippen molar-refractivity contribution in [1.82, 2.24) is 10.2 Å². The third-order valence-corrected chi connectivity index (χ3v) is 6.93. The van der Waals surface area contributed by atoms with E-state index in [1.54, 1.807) is 13.2 Å². The predicted octanol–water partition coefficient (Wildman–Crippen LogP) is 4.05. The minimum Gasteiger partial charge on any atom is -0.496 e. The van der Waals surface area contributed by atoms with Gasteiger partial charge in [-0.3, -0.25) is 4.79 Å². The highest BCUT2D eigenvalue weighted by atomic mass is 19.1. The third-order valence-electron chi connectivity index (χ3n) is 6.93. The first-order valence-corrected chi connectivity index (χ1v) is 11.5. The van der Waals surface area contributed by atoms with Gasteiger partial charge in [0.15, 0.2) is 0 Å². The summed E-state index contributed by atoms with van der Waals surface area (Å²) in [7, 11) is 3.71. The second kappa shape index (κ2) is 10.0. The van der Waals surface area contributed by atoms with Gasteiger partial charge in [-0.2, -0.15) is 0 Å². The average Bonchev–Trinajstić information content (AvgIpc) is 2.81. The van der Waals surface area contributed by atoms with E-state index in [0.29, 0.717) is 43.8 Å². The van der Waals surface area contributed by atoms with Crippen molar-refractivity contribution in [3.05, 3.63) is 53.8 Å². The van der Waals surface area contributed by atoms with Crippen molar-refractivity contribution in [3.63, 3.8) is 0 Å². The fourth-order valence-corrected chi connectivity index (χ4v) is 4.88. The molecule has 0 unspecified atom stereocenters. The highest BCUT2D eigenvalue weighted by Crippen LogP contribution is 2.37. The largest absolute Gasteiger partial charge is 0.496 e. The summed E-state index contributed by atoms with van der Waals surface area (Å²) in [4.78, 5) is 15.8. The van der Waals surface area contributed by atoms with Gasteiger partial charge in [0, 0.05) is 24.8 Å². The average molecular weight is 441 g/mol. The van der Waals surface area contributed by atoms with Gasteiger partial charge in [0.05, 0.1) is 12.5 Å². The maximum atomic E-state index is 13.9. The molecule has 5 nitrogen and oxygen atoms in total.